The van der Waals surface area contributed by atoms with Crippen LogP contribution in [0.3, 0.4) is 0 Å². The van der Waals surface area contributed by atoms with Crippen molar-refractivity contribution < 1.29 is 0 Å². The number of anilines is 1. The quantitative estimate of drug-likeness (QED) is 0.384. The van der Waals surface area contributed by atoms with Crippen LogP contribution >= 0.6 is 22.6 Å². The fourth-order valence-corrected chi connectivity index (χ4v) is 4.97. The highest BCUT2D eigenvalue weighted by Gasteiger charge is 2.40. The molecular weight excluding hydrogens is 431 g/mol. The van der Waals surface area contributed by atoms with Crippen molar-refractivity contribution >= 4 is 28.3 Å². The highest BCUT2D eigenvalue weighted by atomic mass is 127. The molecule has 134 valence electrons. The van der Waals surface area contributed by atoms with Crippen LogP contribution in [0.4, 0.5) is 5.69 Å². The van der Waals surface area contributed by atoms with Gasteiger partial charge in [0.25, 0.3) is 0 Å². The normalized spacial score (nSPS) is 11.6. The van der Waals surface area contributed by atoms with Gasteiger partial charge >= 0.3 is 0 Å². The molecule has 0 aliphatic rings. The second kappa shape index (κ2) is 7.80. The summed E-state index contributed by atoms with van der Waals surface area (Å²) < 4.78 is 1.27. The molecule has 2 nitrogen and oxygen atoms in total. The number of benzene rings is 3. The van der Waals surface area contributed by atoms with Gasteiger partial charge in [0.2, 0.25) is 0 Å². The Morgan fingerprint density at radius 1 is 0.654 bits per heavy atom. The van der Waals surface area contributed by atoms with E-state index in [1.807, 2.05) is 0 Å². The van der Waals surface area contributed by atoms with Gasteiger partial charge in [-0.25, -0.2) is 0 Å². The first-order chi connectivity index (χ1) is 12.5. The molecule has 0 saturated heterocycles. The summed E-state index contributed by atoms with van der Waals surface area (Å²) >= 11 is 2.50. The van der Waals surface area contributed by atoms with Gasteiger partial charge in [-0.2, -0.15) is 0 Å². The fourth-order valence-electron chi connectivity index (χ4n) is 3.74. The van der Waals surface area contributed by atoms with Gasteiger partial charge in [0.1, 0.15) is 0 Å². The topological polar surface area (TPSA) is 6.48 Å². The lowest BCUT2D eigenvalue weighted by Gasteiger charge is -2.43. The monoisotopic (exact) mass is 456 g/mol. The van der Waals surface area contributed by atoms with Crippen molar-refractivity contribution in [3.63, 3.8) is 0 Å². The Morgan fingerprint density at radius 3 is 1.58 bits per heavy atom. The van der Waals surface area contributed by atoms with Gasteiger partial charge in [-0.3, -0.25) is 4.90 Å². The predicted octanol–water partition coefficient (Wildman–Crippen LogP) is 5.21. The van der Waals surface area contributed by atoms with E-state index >= 15 is 0 Å². The van der Waals surface area contributed by atoms with Crippen LogP contribution in [0.25, 0.3) is 0 Å². The van der Waals surface area contributed by atoms with Crippen molar-refractivity contribution in [1.82, 2.24) is 4.90 Å². The molecule has 0 heterocycles. The summed E-state index contributed by atoms with van der Waals surface area (Å²) in [4.78, 5) is 4.51. The Labute approximate surface area is 170 Å². The summed E-state index contributed by atoms with van der Waals surface area (Å²) in [6.45, 7) is 0. The van der Waals surface area contributed by atoms with Crippen LogP contribution in [0.15, 0.2) is 78.9 Å². The minimum absolute atomic E-state index is 0.356. The Balaban J connectivity index is 2.41. The van der Waals surface area contributed by atoms with Crippen LogP contribution < -0.4 is 4.90 Å². The predicted molar refractivity (Wildman–Crippen MR) is 120 cm³/mol. The summed E-state index contributed by atoms with van der Waals surface area (Å²) in [5.74, 6) is 0. The third-order valence-corrected chi connectivity index (χ3v) is 6.04. The highest BCUT2D eigenvalue weighted by Crippen LogP contribution is 2.44. The molecule has 0 fully saturated rings. The molecule has 26 heavy (non-hydrogen) atoms. The van der Waals surface area contributed by atoms with Crippen LogP contribution in [0.2, 0.25) is 0 Å². The average Bonchev–Trinajstić information content (AvgIpc) is 2.65. The largest absolute Gasteiger partial charge is 0.377 e. The van der Waals surface area contributed by atoms with Gasteiger partial charge in [-0.15, -0.1) is 0 Å². The molecule has 3 rings (SSSR count). The lowest BCUT2D eigenvalue weighted by Crippen LogP contribution is -2.44. The molecule has 0 saturated carbocycles. The molecule has 0 unspecified atom stereocenters. The van der Waals surface area contributed by atoms with E-state index < -0.39 is 0 Å². The first-order valence-electron chi connectivity index (χ1n) is 8.74. The molecule has 0 aliphatic heterocycles. The van der Waals surface area contributed by atoms with Crippen LogP contribution in [-0.4, -0.2) is 33.1 Å². The molecule has 3 aromatic rings. The molecule has 0 bridgehead atoms. The van der Waals surface area contributed by atoms with Crippen molar-refractivity contribution in [2.24, 2.45) is 0 Å². The fraction of sp³-hybridized carbons (Fsp3) is 0.217. The van der Waals surface area contributed by atoms with Crippen molar-refractivity contribution in [3.05, 3.63) is 99.1 Å². The molecule has 0 amide bonds. The van der Waals surface area contributed by atoms with Crippen LogP contribution in [0.1, 0.15) is 16.7 Å². The molecule has 0 spiro atoms. The first-order valence-corrected chi connectivity index (χ1v) is 9.82. The molecule has 0 aliphatic carbocycles. The smallest absolute Gasteiger partial charge is 0.0979 e. The maximum atomic E-state index is 2.50. The Bertz CT molecular complexity index is 818. The summed E-state index contributed by atoms with van der Waals surface area (Å²) in [5, 5.41) is 0. The van der Waals surface area contributed by atoms with Crippen LogP contribution in [-0.2, 0) is 5.54 Å². The van der Waals surface area contributed by atoms with Crippen molar-refractivity contribution in [2.45, 2.75) is 5.54 Å². The molecule has 0 aromatic heterocycles. The van der Waals surface area contributed by atoms with Gasteiger partial charge in [0.05, 0.1) is 5.54 Å². The molecule has 0 atom stereocenters. The van der Waals surface area contributed by atoms with E-state index in [1.165, 1.54) is 25.9 Å². The summed E-state index contributed by atoms with van der Waals surface area (Å²) in [5.41, 5.74) is 4.72. The zero-order chi connectivity index (χ0) is 18.7. The second-order valence-electron chi connectivity index (χ2n) is 6.87. The van der Waals surface area contributed by atoms with Gasteiger partial charge < -0.3 is 4.90 Å². The number of nitrogens with zero attached hydrogens (tertiary/aromatic N) is 2. The second-order valence-corrected chi connectivity index (χ2v) is 7.95. The van der Waals surface area contributed by atoms with Crippen molar-refractivity contribution in [1.29, 1.82) is 0 Å². The maximum Gasteiger partial charge on any atom is 0.0979 e. The van der Waals surface area contributed by atoms with Crippen molar-refractivity contribution in [3.8, 4) is 0 Å². The molecular formula is C23H25IN2. The van der Waals surface area contributed by atoms with Gasteiger partial charge in [0, 0.05) is 23.4 Å². The maximum absolute atomic E-state index is 2.50. The minimum Gasteiger partial charge on any atom is -0.377 e. The molecule has 3 aromatic carbocycles. The average molecular weight is 456 g/mol. The van der Waals surface area contributed by atoms with Crippen LogP contribution in [0, 0.1) is 3.57 Å². The molecule has 0 N–H and O–H groups in total. The zero-order valence-corrected chi connectivity index (χ0v) is 17.9. The van der Waals surface area contributed by atoms with E-state index in [1.54, 1.807) is 0 Å². The van der Waals surface area contributed by atoms with Crippen LogP contribution in [0.5, 0.6) is 0 Å². The van der Waals surface area contributed by atoms with Gasteiger partial charge in [0.15, 0.2) is 0 Å². The zero-order valence-electron chi connectivity index (χ0n) is 15.8. The molecule has 3 heteroatoms. The van der Waals surface area contributed by atoms with E-state index in [4.69, 9.17) is 0 Å². The lowest BCUT2D eigenvalue weighted by molar-refractivity contribution is 0.246. The van der Waals surface area contributed by atoms with Gasteiger partial charge in [-0.1, -0.05) is 72.8 Å². The number of hydrogen-bond acceptors (Lipinski definition) is 2. The van der Waals surface area contributed by atoms with E-state index in [2.05, 4.69) is 139 Å². The summed E-state index contributed by atoms with van der Waals surface area (Å²) in [7, 11) is 8.53. The van der Waals surface area contributed by atoms with E-state index in [9.17, 15) is 0 Å². The SMILES string of the molecule is CN(C)c1cccc(C(c2ccccc2)(c2ccccc2)N(C)C)c1I. The van der Waals surface area contributed by atoms with E-state index in [0.717, 1.165) is 0 Å². The Hall–Kier alpha value is -1.85. The number of hydrogen-bond donors (Lipinski definition) is 0. The Kier molecular flexibility index (Phi) is 5.68. The van der Waals surface area contributed by atoms with Gasteiger partial charge in [-0.05, 0) is 59.4 Å². The summed E-state index contributed by atoms with van der Waals surface area (Å²) in [6, 6.07) is 28.2. The highest BCUT2D eigenvalue weighted by molar-refractivity contribution is 14.1. The standard InChI is InChI=1S/C23H25IN2/c1-25(2)21-17-11-16-20(22(21)24)23(26(3)4,18-12-7-5-8-13-18)19-14-9-6-10-15-19/h5-17H,1-4H3. The summed E-state index contributed by atoms with van der Waals surface area (Å²) in [6.07, 6.45) is 0. The lowest BCUT2D eigenvalue weighted by atomic mass is 9.76. The van der Waals surface area contributed by atoms with E-state index in [0.29, 0.717) is 0 Å². The van der Waals surface area contributed by atoms with Crippen molar-refractivity contribution in [2.75, 3.05) is 33.1 Å². The number of halogens is 1. The molecule has 0 radical (unpaired) electrons. The Morgan fingerprint density at radius 2 is 1.15 bits per heavy atom. The van der Waals surface area contributed by atoms with E-state index in [-0.39, 0.29) is 5.54 Å². The number of rotatable bonds is 5. The third kappa shape index (κ3) is 3.14. The minimum atomic E-state index is -0.356. The third-order valence-electron chi connectivity index (χ3n) is 4.90. The first kappa shape index (κ1) is 18.9.